The zero-order valence-corrected chi connectivity index (χ0v) is 12.3. The van der Waals surface area contributed by atoms with E-state index in [0.717, 1.165) is 17.0 Å². The van der Waals surface area contributed by atoms with E-state index in [2.05, 4.69) is 5.10 Å². The lowest BCUT2D eigenvalue weighted by Gasteiger charge is -2.19. The molecule has 0 fully saturated rings. The van der Waals surface area contributed by atoms with Crippen molar-refractivity contribution in [2.45, 2.75) is 13.5 Å². The number of ether oxygens (including phenoxy) is 1. The molecule has 2 aromatic rings. The van der Waals surface area contributed by atoms with E-state index in [-0.39, 0.29) is 5.91 Å². The van der Waals surface area contributed by atoms with Crippen LogP contribution in [0.5, 0.6) is 5.75 Å². The molecule has 0 bridgehead atoms. The molecule has 0 N–H and O–H groups in total. The van der Waals surface area contributed by atoms with Gasteiger partial charge in [0.2, 0.25) is 0 Å². The molecule has 0 atom stereocenters. The molecular formula is C15H19N3O2. The van der Waals surface area contributed by atoms with Gasteiger partial charge in [-0.05, 0) is 25.1 Å². The molecule has 0 radical (unpaired) electrons. The van der Waals surface area contributed by atoms with Crippen LogP contribution < -0.4 is 4.74 Å². The molecule has 0 spiro atoms. The summed E-state index contributed by atoms with van der Waals surface area (Å²) in [5, 5.41) is 4.11. The van der Waals surface area contributed by atoms with Gasteiger partial charge in [0.15, 0.2) is 0 Å². The molecular weight excluding hydrogens is 254 g/mol. The minimum absolute atomic E-state index is 0.0254. The van der Waals surface area contributed by atoms with E-state index in [1.807, 2.05) is 38.2 Å². The van der Waals surface area contributed by atoms with Crippen LogP contribution in [0, 0.1) is 6.92 Å². The maximum atomic E-state index is 12.5. The molecule has 0 saturated carbocycles. The van der Waals surface area contributed by atoms with Crippen molar-refractivity contribution in [2.75, 3.05) is 14.2 Å². The summed E-state index contributed by atoms with van der Waals surface area (Å²) in [4.78, 5) is 14.2. The van der Waals surface area contributed by atoms with Crippen molar-refractivity contribution in [3.8, 4) is 5.75 Å². The van der Waals surface area contributed by atoms with Crippen molar-refractivity contribution in [3.63, 3.8) is 0 Å². The normalized spacial score (nSPS) is 10.4. The van der Waals surface area contributed by atoms with Gasteiger partial charge in [-0.1, -0.05) is 6.07 Å². The molecule has 1 amide bonds. The van der Waals surface area contributed by atoms with E-state index < -0.39 is 0 Å². The van der Waals surface area contributed by atoms with Crippen LogP contribution in [0.25, 0.3) is 0 Å². The number of hydrogen-bond donors (Lipinski definition) is 0. The maximum absolute atomic E-state index is 12.5. The zero-order chi connectivity index (χ0) is 14.7. The van der Waals surface area contributed by atoms with Gasteiger partial charge in [0.25, 0.3) is 5.91 Å². The first-order valence-corrected chi connectivity index (χ1v) is 6.40. The highest BCUT2D eigenvalue weighted by Gasteiger charge is 2.17. The van der Waals surface area contributed by atoms with Crippen molar-refractivity contribution < 1.29 is 9.53 Å². The average Bonchev–Trinajstić information content (AvgIpc) is 2.84. The lowest BCUT2D eigenvalue weighted by atomic mass is 10.1. The zero-order valence-electron chi connectivity index (χ0n) is 12.3. The lowest BCUT2D eigenvalue weighted by molar-refractivity contribution is 0.0781. The maximum Gasteiger partial charge on any atom is 0.254 e. The van der Waals surface area contributed by atoms with Gasteiger partial charge in [-0.25, -0.2) is 0 Å². The third kappa shape index (κ3) is 2.66. The summed E-state index contributed by atoms with van der Waals surface area (Å²) in [6, 6.07) is 7.41. The Morgan fingerprint density at radius 1 is 1.40 bits per heavy atom. The highest BCUT2D eigenvalue weighted by Crippen LogP contribution is 2.22. The number of benzene rings is 1. The number of amides is 1. The van der Waals surface area contributed by atoms with Crippen LogP contribution >= 0.6 is 0 Å². The van der Waals surface area contributed by atoms with E-state index in [9.17, 15) is 4.79 Å². The van der Waals surface area contributed by atoms with Crippen molar-refractivity contribution >= 4 is 5.91 Å². The Balaban J connectivity index is 2.21. The second-order valence-electron chi connectivity index (χ2n) is 4.74. The molecule has 0 aliphatic carbocycles. The minimum atomic E-state index is -0.0254. The second-order valence-corrected chi connectivity index (χ2v) is 4.74. The molecule has 5 nitrogen and oxygen atoms in total. The molecule has 0 aliphatic rings. The number of carbonyl (C=O) groups is 1. The third-order valence-electron chi connectivity index (χ3n) is 3.40. The predicted octanol–water partition coefficient (Wildman–Crippen LogP) is 2.01. The van der Waals surface area contributed by atoms with E-state index in [4.69, 9.17) is 4.74 Å². The summed E-state index contributed by atoms with van der Waals surface area (Å²) >= 11 is 0. The van der Waals surface area contributed by atoms with Gasteiger partial charge in [-0.3, -0.25) is 9.48 Å². The number of hydrogen-bond acceptors (Lipinski definition) is 3. The average molecular weight is 273 g/mol. The van der Waals surface area contributed by atoms with E-state index >= 15 is 0 Å². The summed E-state index contributed by atoms with van der Waals surface area (Å²) < 4.78 is 7.02. The topological polar surface area (TPSA) is 47.4 Å². The molecule has 0 aliphatic heterocycles. The quantitative estimate of drug-likeness (QED) is 0.856. The molecule has 1 aromatic heterocycles. The fraction of sp³-hybridized carbons (Fsp3) is 0.333. The summed E-state index contributed by atoms with van der Waals surface area (Å²) in [5.74, 6) is 0.701. The van der Waals surface area contributed by atoms with Crippen molar-refractivity contribution in [2.24, 2.45) is 7.05 Å². The number of rotatable bonds is 4. The first-order valence-electron chi connectivity index (χ1n) is 6.40. The van der Waals surface area contributed by atoms with Gasteiger partial charge >= 0.3 is 0 Å². The van der Waals surface area contributed by atoms with Gasteiger partial charge in [0.05, 0.1) is 19.3 Å². The summed E-state index contributed by atoms with van der Waals surface area (Å²) in [5.41, 5.74) is 2.51. The van der Waals surface area contributed by atoms with Gasteiger partial charge in [-0.2, -0.15) is 5.10 Å². The fourth-order valence-corrected chi connectivity index (χ4v) is 2.14. The Morgan fingerprint density at radius 2 is 2.15 bits per heavy atom. The largest absolute Gasteiger partial charge is 0.496 e. The Hall–Kier alpha value is -2.30. The van der Waals surface area contributed by atoms with Crippen LogP contribution in [0.2, 0.25) is 0 Å². The molecule has 2 rings (SSSR count). The Morgan fingerprint density at radius 3 is 2.75 bits per heavy atom. The number of aryl methyl sites for hydroxylation is 1. The van der Waals surface area contributed by atoms with Gasteiger partial charge in [0.1, 0.15) is 5.75 Å². The fourth-order valence-electron chi connectivity index (χ4n) is 2.14. The lowest BCUT2D eigenvalue weighted by Crippen LogP contribution is -2.27. The monoisotopic (exact) mass is 273 g/mol. The minimum Gasteiger partial charge on any atom is -0.496 e. The van der Waals surface area contributed by atoms with Crippen LogP contribution in [0.3, 0.4) is 0 Å². The second kappa shape index (κ2) is 5.77. The van der Waals surface area contributed by atoms with Crippen LogP contribution in [0.1, 0.15) is 21.6 Å². The Bertz CT molecular complexity index is 619. The highest BCUT2D eigenvalue weighted by molar-refractivity contribution is 5.96. The number of nitrogens with zero attached hydrogens (tertiary/aromatic N) is 3. The molecule has 20 heavy (non-hydrogen) atoms. The van der Waals surface area contributed by atoms with E-state index in [0.29, 0.717) is 12.1 Å². The van der Waals surface area contributed by atoms with Crippen LogP contribution in [-0.2, 0) is 13.6 Å². The van der Waals surface area contributed by atoms with Crippen molar-refractivity contribution in [1.29, 1.82) is 0 Å². The van der Waals surface area contributed by atoms with E-state index in [1.54, 1.807) is 29.9 Å². The molecule has 0 unspecified atom stereocenters. The van der Waals surface area contributed by atoms with Crippen LogP contribution in [0.15, 0.2) is 30.5 Å². The molecule has 0 saturated heterocycles. The SMILES string of the molecule is COc1cccc(C(=O)N(C)Cc2ccnn2C)c1C. The molecule has 106 valence electrons. The first-order chi connectivity index (χ1) is 9.54. The molecule has 1 aromatic carbocycles. The van der Waals surface area contributed by atoms with Gasteiger partial charge < -0.3 is 9.64 Å². The summed E-state index contributed by atoms with van der Waals surface area (Å²) in [6.45, 7) is 2.41. The molecule has 5 heteroatoms. The van der Waals surface area contributed by atoms with Crippen LogP contribution in [0.4, 0.5) is 0 Å². The van der Waals surface area contributed by atoms with Crippen LogP contribution in [-0.4, -0.2) is 34.7 Å². The van der Waals surface area contributed by atoms with E-state index in [1.165, 1.54) is 0 Å². The smallest absolute Gasteiger partial charge is 0.254 e. The van der Waals surface area contributed by atoms with Gasteiger partial charge in [-0.15, -0.1) is 0 Å². The standard InChI is InChI=1S/C15H19N3O2/c1-11-13(6-5-7-14(11)20-4)15(19)17(2)10-12-8-9-16-18(12)3/h5-9H,10H2,1-4H3. The summed E-state index contributed by atoms with van der Waals surface area (Å²) in [7, 11) is 5.26. The number of methoxy groups -OCH3 is 1. The number of carbonyl (C=O) groups excluding carboxylic acids is 1. The summed E-state index contributed by atoms with van der Waals surface area (Å²) in [6.07, 6.45) is 1.73. The van der Waals surface area contributed by atoms with Gasteiger partial charge in [0, 0.05) is 31.4 Å². The highest BCUT2D eigenvalue weighted by atomic mass is 16.5. The van der Waals surface area contributed by atoms with Crippen molar-refractivity contribution in [1.82, 2.24) is 14.7 Å². The Kier molecular flexibility index (Phi) is 4.08. The van der Waals surface area contributed by atoms with Crippen molar-refractivity contribution in [3.05, 3.63) is 47.3 Å². The molecule has 1 heterocycles. The number of aromatic nitrogens is 2. The first kappa shape index (κ1) is 14.1. The predicted molar refractivity (Wildman–Crippen MR) is 76.7 cm³/mol. The third-order valence-corrected chi connectivity index (χ3v) is 3.40. The Labute approximate surface area is 118 Å².